The zero-order chi connectivity index (χ0) is 22.2. The van der Waals surface area contributed by atoms with Crippen LogP contribution in [0.2, 0.25) is 0 Å². The van der Waals surface area contributed by atoms with E-state index in [9.17, 15) is 4.79 Å². The second kappa shape index (κ2) is 8.46. The third-order valence-corrected chi connectivity index (χ3v) is 6.34. The first-order valence-electron chi connectivity index (χ1n) is 11.2. The highest BCUT2D eigenvalue weighted by Crippen LogP contribution is 2.44. The molecule has 8 nitrogen and oxygen atoms in total. The molecule has 2 fully saturated rings. The molecule has 1 saturated heterocycles. The molecule has 2 aliphatic rings. The molecular formula is C23H27FN6O2. The first-order chi connectivity index (χ1) is 15.6. The summed E-state index contributed by atoms with van der Waals surface area (Å²) in [7, 11) is 0. The average molecular weight is 439 g/mol. The molecule has 168 valence electrons. The lowest BCUT2D eigenvalue weighted by atomic mass is 10.0. The van der Waals surface area contributed by atoms with Gasteiger partial charge in [0, 0.05) is 12.6 Å². The number of piperidine rings is 1. The lowest BCUT2D eigenvalue weighted by Gasteiger charge is -2.32. The van der Waals surface area contributed by atoms with Gasteiger partial charge < -0.3 is 15.0 Å². The third-order valence-electron chi connectivity index (χ3n) is 6.34. The molecule has 1 saturated carbocycles. The van der Waals surface area contributed by atoms with Crippen molar-refractivity contribution in [2.24, 2.45) is 0 Å². The lowest BCUT2D eigenvalue weighted by Crippen LogP contribution is -2.42. The number of ether oxygens (including phenoxy) is 1. The van der Waals surface area contributed by atoms with Crippen LogP contribution in [0, 0.1) is 12.7 Å². The Morgan fingerprint density at radius 2 is 2.09 bits per heavy atom. The van der Waals surface area contributed by atoms with E-state index in [0.717, 1.165) is 56.6 Å². The first kappa shape index (κ1) is 20.8. The van der Waals surface area contributed by atoms with Gasteiger partial charge >= 0.3 is 0 Å². The predicted octanol–water partition coefficient (Wildman–Crippen LogP) is 3.55. The maximum absolute atomic E-state index is 15.3. The van der Waals surface area contributed by atoms with E-state index in [1.165, 1.54) is 6.07 Å². The Morgan fingerprint density at radius 1 is 1.25 bits per heavy atom. The summed E-state index contributed by atoms with van der Waals surface area (Å²) in [6.45, 7) is 7.39. The Labute approximate surface area is 185 Å². The van der Waals surface area contributed by atoms with Gasteiger partial charge in [-0.3, -0.25) is 4.79 Å². The van der Waals surface area contributed by atoms with Gasteiger partial charge in [-0.25, -0.2) is 4.39 Å². The summed E-state index contributed by atoms with van der Waals surface area (Å²) < 4.78 is 22.1. The Bertz CT molecular complexity index is 1160. The van der Waals surface area contributed by atoms with E-state index in [1.807, 2.05) is 13.0 Å². The van der Waals surface area contributed by atoms with E-state index >= 15 is 4.39 Å². The van der Waals surface area contributed by atoms with Crippen LogP contribution in [-0.4, -0.2) is 56.9 Å². The lowest BCUT2D eigenvalue weighted by molar-refractivity contribution is -0.120. The van der Waals surface area contributed by atoms with Gasteiger partial charge in [-0.15, -0.1) is 10.2 Å². The highest BCUT2D eigenvalue weighted by atomic mass is 19.1. The molecule has 2 aromatic heterocycles. The zero-order valence-corrected chi connectivity index (χ0v) is 18.3. The molecule has 0 unspecified atom stereocenters. The van der Waals surface area contributed by atoms with Crippen molar-refractivity contribution in [2.75, 3.05) is 25.0 Å². The Morgan fingerprint density at radius 3 is 2.84 bits per heavy atom. The minimum Gasteiger partial charge on any atom is -0.428 e. The number of aryl methyl sites for hydroxylation is 1. The van der Waals surface area contributed by atoms with Gasteiger partial charge in [-0.2, -0.15) is 9.61 Å². The van der Waals surface area contributed by atoms with Crippen molar-refractivity contribution in [3.8, 4) is 17.0 Å². The molecule has 1 aliphatic carbocycles. The van der Waals surface area contributed by atoms with E-state index in [0.29, 0.717) is 29.5 Å². The number of nitrogens with zero attached hydrogens (tertiary/aromatic N) is 5. The van der Waals surface area contributed by atoms with Crippen molar-refractivity contribution in [1.29, 1.82) is 0 Å². The maximum Gasteiger partial charge on any atom is 0.298 e. The average Bonchev–Trinajstić information content (AvgIpc) is 3.56. The van der Waals surface area contributed by atoms with Crippen LogP contribution in [-0.2, 0) is 4.79 Å². The van der Waals surface area contributed by atoms with E-state index in [4.69, 9.17) is 4.74 Å². The molecule has 1 N–H and O–H groups in total. The summed E-state index contributed by atoms with van der Waals surface area (Å²) in [5.74, 6) is 0.518. The number of benzene rings is 1. The number of fused-ring (bicyclic) bond motifs is 1. The molecule has 1 aromatic carbocycles. The van der Waals surface area contributed by atoms with Crippen LogP contribution in [0.3, 0.4) is 0 Å². The molecule has 32 heavy (non-hydrogen) atoms. The second-order valence-corrected chi connectivity index (χ2v) is 8.70. The fourth-order valence-corrected chi connectivity index (χ4v) is 4.56. The molecule has 1 aliphatic heterocycles. The van der Waals surface area contributed by atoms with Crippen molar-refractivity contribution >= 4 is 17.9 Å². The van der Waals surface area contributed by atoms with E-state index in [2.05, 4.69) is 32.4 Å². The number of halogens is 1. The van der Waals surface area contributed by atoms with Crippen molar-refractivity contribution in [3.63, 3.8) is 0 Å². The number of carbonyl (C=O) groups excluding carboxylic acids is 1. The van der Waals surface area contributed by atoms with Crippen LogP contribution in [0.4, 0.5) is 10.3 Å². The van der Waals surface area contributed by atoms with Gasteiger partial charge in [0.05, 0.1) is 16.8 Å². The summed E-state index contributed by atoms with van der Waals surface area (Å²) in [6, 6.07) is 5.33. The Hall–Kier alpha value is -3.07. The van der Waals surface area contributed by atoms with Crippen LogP contribution in [0.1, 0.15) is 49.8 Å². The van der Waals surface area contributed by atoms with Crippen LogP contribution < -0.4 is 10.1 Å². The maximum atomic E-state index is 15.3. The normalized spacial score (nSPS) is 19.3. The summed E-state index contributed by atoms with van der Waals surface area (Å²) in [5.41, 5.74) is 2.63. The summed E-state index contributed by atoms with van der Waals surface area (Å²) in [4.78, 5) is 13.5. The molecule has 0 radical (unpaired) electrons. The number of rotatable bonds is 7. The van der Waals surface area contributed by atoms with Crippen molar-refractivity contribution in [2.45, 2.75) is 51.5 Å². The molecular weight excluding hydrogens is 411 g/mol. The van der Waals surface area contributed by atoms with Gasteiger partial charge in [-0.1, -0.05) is 6.92 Å². The largest absolute Gasteiger partial charge is 0.428 e. The standard InChI is InChI=1S/C23H27FN6O2/c1-3-29-8-4-5-17(12-29)25-23-27-26-22(19-9-14(2)28-30(19)23)21-18(24)10-16(15-6-7-15)11-20(21)32-13-31/h9-11,13,15,17H,3-8,12H2,1-2H3,(H,25,27)/t17-/m1/s1. The number of aromatic nitrogens is 4. The van der Waals surface area contributed by atoms with Gasteiger partial charge in [0.2, 0.25) is 5.95 Å². The summed E-state index contributed by atoms with van der Waals surface area (Å²) >= 11 is 0. The van der Waals surface area contributed by atoms with Gasteiger partial charge in [0.1, 0.15) is 17.3 Å². The number of nitrogens with one attached hydrogen (secondary N) is 1. The molecule has 0 bridgehead atoms. The van der Waals surface area contributed by atoms with Crippen LogP contribution in [0.5, 0.6) is 5.75 Å². The van der Waals surface area contributed by atoms with E-state index < -0.39 is 5.82 Å². The Kier molecular flexibility index (Phi) is 5.50. The number of hydrogen-bond acceptors (Lipinski definition) is 7. The molecule has 5 rings (SSSR count). The molecule has 3 aromatic rings. The SMILES string of the molecule is CCN1CCC[C@@H](Nc2nnc(-c3c(F)cc(C4CC4)cc3OC=O)c3cc(C)nn23)C1. The smallest absolute Gasteiger partial charge is 0.298 e. The van der Waals surface area contributed by atoms with Gasteiger partial charge in [0.15, 0.2) is 0 Å². The van der Waals surface area contributed by atoms with Crippen LogP contribution in [0.25, 0.3) is 16.8 Å². The molecule has 1 atom stereocenters. The molecule has 9 heteroatoms. The predicted molar refractivity (Wildman–Crippen MR) is 118 cm³/mol. The van der Waals surface area contributed by atoms with Gasteiger partial charge in [0.25, 0.3) is 6.47 Å². The minimum absolute atomic E-state index is 0.125. The first-order valence-corrected chi connectivity index (χ1v) is 11.2. The number of likely N-dealkylation sites (tertiary alicyclic amines) is 1. The molecule has 0 amide bonds. The van der Waals surface area contributed by atoms with Crippen molar-refractivity contribution in [1.82, 2.24) is 24.7 Å². The topological polar surface area (TPSA) is 84.6 Å². The van der Waals surface area contributed by atoms with Crippen LogP contribution >= 0.6 is 0 Å². The summed E-state index contributed by atoms with van der Waals surface area (Å²) in [6.07, 6.45) is 4.18. The number of anilines is 1. The third kappa shape index (κ3) is 3.92. The Balaban J connectivity index is 1.56. The number of likely N-dealkylation sites (N-methyl/N-ethyl adjacent to an activating group) is 1. The number of carbonyl (C=O) groups is 1. The van der Waals surface area contributed by atoms with Crippen molar-refractivity contribution < 1.29 is 13.9 Å². The molecule has 0 spiro atoms. The number of hydrogen-bond donors (Lipinski definition) is 1. The van der Waals surface area contributed by atoms with E-state index in [1.54, 1.807) is 10.6 Å². The summed E-state index contributed by atoms with van der Waals surface area (Å²) in [5, 5.41) is 16.8. The quantitative estimate of drug-likeness (QED) is 0.565. The zero-order valence-electron chi connectivity index (χ0n) is 18.3. The highest BCUT2D eigenvalue weighted by molar-refractivity contribution is 5.82. The second-order valence-electron chi connectivity index (χ2n) is 8.70. The van der Waals surface area contributed by atoms with Gasteiger partial charge in [-0.05, 0) is 75.4 Å². The van der Waals surface area contributed by atoms with Crippen LogP contribution in [0.15, 0.2) is 18.2 Å². The van der Waals surface area contributed by atoms with E-state index in [-0.39, 0.29) is 17.4 Å². The monoisotopic (exact) mass is 438 g/mol. The van der Waals surface area contributed by atoms with Crippen molar-refractivity contribution in [3.05, 3.63) is 35.3 Å². The minimum atomic E-state index is -0.479. The molecule has 3 heterocycles. The fraction of sp³-hybridized carbons (Fsp3) is 0.478. The highest BCUT2D eigenvalue weighted by Gasteiger charge is 2.28. The fourth-order valence-electron chi connectivity index (χ4n) is 4.56.